The number of hydrogen-bond acceptors (Lipinski definition) is 2. The molecule has 4 nitrogen and oxygen atoms in total. The maximum absolute atomic E-state index is 13.6. The van der Waals surface area contributed by atoms with Crippen LogP contribution in [0.15, 0.2) is 18.2 Å². The minimum Gasteiger partial charge on any atom is -0.480 e. The molecule has 1 atom stereocenters. The summed E-state index contributed by atoms with van der Waals surface area (Å²) in [6.07, 6.45) is 1.69. The lowest BCUT2D eigenvalue weighted by molar-refractivity contribution is -0.143. The molecule has 1 aromatic rings. The van der Waals surface area contributed by atoms with Gasteiger partial charge < -0.3 is 10.0 Å². The monoisotopic (exact) mass is 269 g/mol. The minimum absolute atomic E-state index is 0.242. The highest BCUT2D eigenvalue weighted by molar-refractivity contribution is 5.97. The Morgan fingerprint density at radius 2 is 2.00 bits per heavy atom. The number of likely N-dealkylation sites (tertiary alicyclic amines) is 1. The van der Waals surface area contributed by atoms with Gasteiger partial charge in [-0.3, -0.25) is 4.79 Å². The molecule has 0 bridgehead atoms. The first-order valence-electron chi connectivity index (χ1n) is 6.00. The van der Waals surface area contributed by atoms with Gasteiger partial charge in [-0.2, -0.15) is 0 Å². The maximum Gasteiger partial charge on any atom is 0.326 e. The molecule has 1 aliphatic heterocycles. The van der Waals surface area contributed by atoms with Crippen LogP contribution in [0.25, 0.3) is 0 Å². The molecule has 1 N–H and O–H groups in total. The number of carboxylic acids is 1. The van der Waals surface area contributed by atoms with Crippen LogP contribution >= 0.6 is 0 Å². The lowest BCUT2D eigenvalue weighted by Crippen LogP contribution is -2.48. The highest BCUT2D eigenvalue weighted by Gasteiger charge is 2.33. The lowest BCUT2D eigenvalue weighted by Gasteiger charge is -2.33. The number of halogens is 2. The van der Waals surface area contributed by atoms with E-state index in [2.05, 4.69) is 0 Å². The van der Waals surface area contributed by atoms with Crippen molar-refractivity contribution in [3.8, 4) is 0 Å². The van der Waals surface area contributed by atoms with E-state index in [1.807, 2.05) is 0 Å². The molecule has 1 aliphatic rings. The number of rotatable bonds is 2. The molecular formula is C13H13F2NO3. The van der Waals surface area contributed by atoms with E-state index in [1.165, 1.54) is 6.07 Å². The second kappa shape index (κ2) is 5.34. The standard InChI is InChI=1S/C13H13F2NO3/c14-9-5-3-4-8(11(9)15)12(17)16-7-2-1-6-10(16)13(18)19/h3-5,10H,1-2,6-7H2,(H,18,19)/t10-/m1/s1. The fourth-order valence-electron chi connectivity index (χ4n) is 2.26. The molecule has 0 saturated carbocycles. The molecule has 6 heteroatoms. The number of carboxylic acid groups (broad SMARTS) is 1. The number of benzene rings is 1. The van der Waals surface area contributed by atoms with Gasteiger partial charge in [-0.15, -0.1) is 0 Å². The Kier molecular flexibility index (Phi) is 3.78. The highest BCUT2D eigenvalue weighted by Crippen LogP contribution is 2.21. The van der Waals surface area contributed by atoms with Crippen LogP contribution in [0.5, 0.6) is 0 Å². The number of aliphatic carboxylic acids is 1. The molecule has 0 unspecified atom stereocenters. The number of carbonyl (C=O) groups is 2. The number of piperidine rings is 1. The summed E-state index contributed by atoms with van der Waals surface area (Å²) in [6, 6.07) is 2.33. The minimum atomic E-state index is -1.23. The van der Waals surface area contributed by atoms with Gasteiger partial charge >= 0.3 is 5.97 Å². The van der Waals surface area contributed by atoms with E-state index in [0.717, 1.165) is 17.0 Å². The third-order valence-corrected chi connectivity index (χ3v) is 3.23. The van der Waals surface area contributed by atoms with Gasteiger partial charge in [0.05, 0.1) is 5.56 Å². The van der Waals surface area contributed by atoms with E-state index < -0.39 is 35.1 Å². The number of nitrogens with zero attached hydrogens (tertiary/aromatic N) is 1. The third-order valence-electron chi connectivity index (χ3n) is 3.23. The molecule has 1 saturated heterocycles. The fraction of sp³-hybridized carbons (Fsp3) is 0.385. The Balaban J connectivity index is 2.31. The first kappa shape index (κ1) is 13.5. The summed E-state index contributed by atoms with van der Waals surface area (Å²) in [5.41, 5.74) is -0.423. The largest absolute Gasteiger partial charge is 0.480 e. The molecule has 19 heavy (non-hydrogen) atoms. The van der Waals surface area contributed by atoms with Crippen LogP contribution in [0.1, 0.15) is 29.6 Å². The Bertz CT molecular complexity index is 519. The topological polar surface area (TPSA) is 57.6 Å². The summed E-state index contributed by atoms with van der Waals surface area (Å²) < 4.78 is 26.7. The molecule has 102 valence electrons. The second-order valence-electron chi connectivity index (χ2n) is 4.45. The summed E-state index contributed by atoms with van der Waals surface area (Å²) in [6.45, 7) is 0.242. The first-order chi connectivity index (χ1) is 9.02. The van der Waals surface area contributed by atoms with Crippen LogP contribution in [-0.2, 0) is 4.79 Å². The summed E-state index contributed by atoms with van der Waals surface area (Å²) in [5, 5.41) is 9.07. The normalized spacial score (nSPS) is 19.3. The summed E-state index contributed by atoms with van der Waals surface area (Å²) in [7, 11) is 0. The molecular weight excluding hydrogens is 256 g/mol. The van der Waals surface area contributed by atoms with Crippen molar-refractivity contribution in [2.45, 2.75) is 25.3 Å². The molecule has 0 aliphatic carbocycles. The molecule has 0 aromatic heterocycles. The second-order valence-corrected chi connectivity index (χ2v) is 4.45. The van der Waals surface area contributed by atoms with E-state index in [0.29, 0.717) is 19.3 Å². The molecule has 1 amide bonds. The third kappa shape index (κ3) is 2.57. The summed E-state index contributed by atoms with van der Waals surface area (Å²) in [4.78, 5) is 24.3. The van der Waals surface area contributed by atoms with E-state index >= 15 is 0 Å². The maximum atomic E-state index is 13.6. The first-order valence-corrected chi connectivity index (χ1v) is 6.00. The fourth-order valence-corrected chi connectivity index (χ4v) is 2.26. The lowest BCUT2D eigenvalue weighted by atomic mass is 10.0. The molecule has 1 heterocycles. The number of amides is 1. The highest BCUT2D eigenvalue weighted by atomic mass is 19.2. The number of hydrogen-bond donors (Lipinski definition) is 1. The van der Waals surface area contributed by atoms with Gasteiger partial charge in [0.1, 0.15) is 6.04 Å². The van der Waals surface area contributed by atoms with Crippen molar-refractivity contribution in [1.82, 2.24) is 4.90 Å². The van der Waals surface area contributed by atoms with Gasteiger partial charge in [-0.1, -0.05) is 6.07 Å². The van der Waals surface area contributed by atoms with E-state index in [9.17, 15) is 18.4 Å². The van der Waals surface area contributed by atoms with Crippen molar-refractivity contribution < 1.29 is 23.5 Å². The van der Waals surface area contributed by atoms with Crippen molar-refractivity contribution in [2.24, 2.45) is 0 Å². The molecule has 2 rings (SSSR count). The van der Waals surface area contributed by atoms with Crippen LogP contribution < -0.4 is 0 Å². The Hall–Kier alpha value is -1.98. The molecule has 0 radical (unpaired) electrons. The van der Waals surface area contributed by atoms with Crippen LogP contribution in [0, 0.1) is 11.6 Å². The molecule has 1 aromatic carbocycles. The van der Waals surface area contributed by atoms with Crippen molar-refractivity contribution >= 4 is 11.9 Å². The quantitative estimate of drug-likeness (QED) is 0.893. The summed E-state index contributed by atoms with van der Waals surface area (Å²) >= 11 is 0. The predicted molar refractivity (Wildman–Crippen MR) is 62.7 cm³/mol. The van der Waals surface area contributed by atoms with E-state index in [4.69, 9.17) is 5.11 Å². The van der Waals surface area contributed by atoms with Gasteiger partial charge in [0.25, 0.3) is 5.91 Å². The average molecular weight is 269 g/mol. The van der Waals surface area contributed by atoms with Crippen LogP contribution in [0.3, 0.4) is 0 Å². The Labute approximate surface area is 108 Å². The number of carbonyl (C=O) groups excluding carboxylic acids is 1. The zero-order valence-corrected chi connectivity index (χ0v) is 10.1. The molecule has 0 spiro atoms. The summed E-state index contributed by atoms with van der Waals surface area (Å²) in [5.74, 6) is -4.24. The zero-order chi connectivity index (χ0) is 14.0. The van der Waals surface area contributed by atoms with Crippen LogP contribution in [0.2, 0.25) is 0 Å². The van der Waals surface area contributed by atoms with Crippen LogP contribution in [-0.4, -0.2) is 34.5 Å². The van der Waals surface area contributed by atoms with Gasteiger partial charge in [0.2, 0.25) is 0 Å². The van der Waals surface area contributed by atoms with Crippen molar-refractivity contribution in [1.29, 1.82) is 0 Å². The smallest absolute Gasteiger partial charge is 0.326 e. The van der Waals surface area contributed by atoms with Crippen LogP contribution in [0.4, 0.5) is 8.78 Å². The zero-order valence-electron chi connectivity index (χ0n) is 10.1. The Morgan fingerprint density at radius 3 is 2.68 bits per heavy atom. The van der Waals surface area contributed by atoms with Gasteiger partial charge in [0, 0.05) is 6.54 Å². The molecule has 1 fully saturated rings. The average Bonchev–Trinajstić information content (AvgIpc) is 2.41. The van der Waals surface area contributed by atoms with Gasteiger partial charge in [-0.05, 0) is 31.4 Å². The van der Waals surface area contributed by atoms with Crippen molar-refractivity contribution in [3.63, 3.8) is 0 Å². The van der Waals surface area contributed by atoms with Crippen molar-refractivity contribution in [3.05, 3.63) is 35.4 Å². The Morgan fingerprint density at radius 1 is 1.26 bits per heavy atom. The SMILES string of the molecule is O=C(O)[C@H]1CCCCN1C(=O)c1cccc(F)c1F. The van der Waals surface area contributed by atoms with E-state index in [-0.39, 0.29) is 6.54 Å². The van der Waals surface area contributed by atoms with Gasteiger partial charge in [0.15, 0.2) is 11.6 Å². The van der Waals surface area contributed by atoms with E-state index in [1.54, 1.807) is 0 Å². The predicted octanol–water partition coefficient (Wildman–Crippen LogP) is 2.04. The van der Waals surface area contributed by atoms with Gasteiger partial charge in [-0.25, -0.2) is 13.6 Å². The van der Waals surface area contributed by atoms with Crippen molar-refractivity contribution in [2.75, 3.05) is 6.54 Å².